The number of aromatic nitrogens is 2. The van der Waals surface area contributed by atoms with Crippen LogP contribution in [0.25, 0.3) is 0 Å². The molecule has 0 bridgehead atoms. The van der Waals surface area contributed by atoms with Gasteiger partial charge in [-0.25, -0.2) is 8.42 Å². The molecule has 0 radical (unpaired) electrons. The minimum Gasteiger partial charge on any atom is -0.378 e. The van der Waals surface area contributed by atoms with E-state index in [-0.39, 0.29) is 22.2 Å². The minimum absolute atomic E-state index is 0.0488. The van der Waals surface area contributed by atoms with Gasteiger partial charge in [0.1, 0.15) is 4.90 Å². The van der Waals surface area contributed by atoms with E-state index in [1.165, 1.54) is 11.4 Å². The van der Waals surface area contributed by atoms with Crippen LogP contribution in [0.4, 0.5) is 11.5 Å². The van der Waals surface area contributed by atoms with E-state index in [0.29, 0.717) is 18.8 Å². The predicted octanol–water partition coefficient (Wildman–Crippen LogP) is 2.03. The quantitative estimate of drug-likeness (QED) is 0.832. The van der Waals surface area contributed by atoms with Gasteiger partial charge < -0.3 is 9.80 Å². The minimum atomic E-state index is -3.97. The molecule has 0 atom stereocenters. The number of anilines is 2. The first-order valence-corrected chi connectivity index (χ1v) is 10.6. The van der Waals surface area contributed by atoms with Crippen molar-refractivity contribution in [2.24, 2.45) is 0 Å². The van der Waals surface area contributed by atoms with Crippen LogP contribution in [0.1, 0.15) is 29.6 Å². The molecule has 0 unspecified atom stereocenters. The number of rotatable bonds is 5. The average Bonchev–Trinajstić information content (AvgIpc) is 3.13. The first kappa shape index (κ1) is 18.6. The van der Waals surface area contributed by atoms with Gasteiger partial charge in [0.05, 0.1) is 10.9 Å². The fraction of sp³-hybridized carbons (Fsp3) is 0.438. The van der Waals surface area contributed by atoms with Gasteiger partial charge in [-0.05, 0) is 49.0 Å². The van der Waals surface area contributed by atoms with Crippen molar-refractivity contribution in [1.29, 1.82) is 0 Å². The fourth-order valence-corrected chi connectivity index (χ4v) is 4.53. The van der Waals surface area contributed by atoms with Crippen LogP contribution < -0.4 is 9.62 Å². The van der Waals surface area contributed by atoms with Crippen LogP contribution in [0.15, 0.2) is 28.5 Å². The molecule has 3 rings (SSSR count). The highest BCUT2D eigenvalue weighted by Gasteiger charge is 2.27. The summed E-state index contributed by atoms with van der Waals surface area (Å²) in [6, 6.07) is 4.85. The second kappa shape index (κ2) is 7.58. The molecule has 1 aliphatic heterocycles. The molecule has 1 fully saturated rings. The molecule has 1 aliphatic rings. The van der Waals surface area contributed by atoms with Crippen molar-refractivity contribution in [2.75, 3.05) is 36.8 Å². The number of hydrogen-bond donors (Lipinski definition) is 1. The Hall–Kier alpha value is -2.20. The zero-order chi connectivity index (χ0) is 18.7. The third-order valence-corrected chi connectivity index (χ3v) is 6.14. The fourth-order valence-electron chi connectivity index (χ4n) is 2.86. The van der Waals surface area contributed by atoms with Gasteiger partial charge in [0.15, 0.2) is 5.82 Å². The van der Waals surface area contributed by atoms with E-state index in [2.05, 4.69) is 14.3 Å². The Morgan fingerprint density at radius 2 is 1.96 bits per heavy atom. The lowest BCUT2D eigenvalue weighted by Gasteiger charge is -2.27. The molecule has 10 heteroatoms. The van der Waals surface area contributed by atoms with Gasteiger partial charge in [-0.15, -0.1) is 5.10 Å². The number of nitrogens with one attached hydrogen (secondary N) is 1. The SMILES string of the molecule is CN(C)c1ccc(C(=O)N2CCCCC2)c(S(=O)(=O)Nc2csnn2)c1. The topological polar surface area (TPSA) is 95.5 Å². The molecule has 0 spiro atoms. The Kier molecular flexibility index (Phi) is 5.42. The summed E-state index contributed by atoms with van der Waals surface area (Å²) in [7, 11) is -0.343. The Morgan fingerprint density at radius 3 is 2.58 bits per heavy atom. The van der Waals surface area contributed by atoms with Crippen LogP contribution in [-0.4, -0.2) is 56.0 Å². The summed E-state index contributed by atoms with van der Waals surface area (Å²) in [6.45, 7) is 1.30. The van der Waals surface area contributed by atoms with E-state index in [1.807, 2.05) is 14.1 Å². The molecule has 1 saturated heterocycles. The summed E-state index contributed by atoms with van der Waals surface area (Å²) in [5, 5.41) is 5.22. The average molecular weight is 396 g/mol. The monoisotopic (exact) mass is 395 g/mol. The van der Waals surface area contributed by atoms with Gasteiger partial charge in [0.2, 0.25) is 0 Å². The number of sulfonamides is 1. The van der Waals surface area contributed by atoms with Crippen molar-refractivity contribution >= 4 is 39.0 Å². The number of hydrogen-bond acceptors (Lipinski definition) is 7. The Morgan fingerprint density at radius 1 is 1.23 bits per heavy atom. The number of carbonyl (C=O) groups is 1. The van der Waals surface area contributed by atoms with Crippen LogP contribution in [-0.2, 0) is 10.0 Å². The maximum absolute atomic E-state index is 12.9. The Balaban J connectivity index is 2.02. The zero-order valence-electron chi connectivity index (χ0n) is 14.7. The highest BCUT2D eigenvalue weighted by atomic mass is 32.2. The molecule has 1 aromatic carbocycles. The van der Waals surface area contributed by atoms with Crippen LogP contribution in [0, 0.1) is 0 Å². The lowest BCUT2D eigenvalue weighted by molar-refractivity contribution is 0.0720. The van der Waals surface area contributed by atoms with Crippen molar-refractivity contribution in [3.05, 3.63) is 29.1 Å². The third-order valence-electron chi connectivity index (χ3n) is 4.24. The van der Waals surface area contributed by atoms with Gasteiger partial charge in [0.25, 0.3) is 15.9 Å². The van der Waals surface area contributed by atoms with Crippen molar-refractivity contribution in [3.63, 3.8) is 0 Å². The molecular weight excluding hydrogens is 374 g/mol. The summed E-state index contributed by atoms with van der Waals surface area (Å²) >= 11 is 1.05. The normalized spacial score (nSPS) is 14.9. The smallest absolute Gasteiger partial charge is 0.263 e. The summed E-state index contributed by atoms with van der Waals surface area (Å²) in [6.07, 6.45) is 2.96. The number of carbonyl (C=O) groups excluding carboxylic acids is 1. The molecule has 1 aromatic heterocycles. The van der Waals surface area contributed by atoms with Crippen LogP contribution in [0.2, 0.25) is 0 Å². The first-order valence-electron chi connectivity index (χ1n) is 8.29. The summed E-state index contributed by atoms with van der Waals surface area (Å²) < 4.78 is 31.9. The van der Waals surface area contributed by atoms with E-state index in [9.17, 15) is 13.2 Å². The lowest BCUT2D eigenvalue weighted by Crippen LogP contribution is -2.36. The third kappa shape index (κ3) is 3.96. The predicted molar refractivity (Wildman–Crippen MR) is 101 cm³/mol. The van der Waals surface area contributed by atoms with E-state index in [0.717, 1.165) is 30.8 Å². The second-order valence-corrected chi connectivity index (χ2v) is 8.58. The molecule has 26 heavy (non-hydrogen) atoms. The molecule has 1 N–H and O–H groups in total. The Labute approximate surface area is 157 Å². The highest BCUT2D eigenvalue weighted by molar-refractivity contribution is 7.92. The van der Waals surface area contributed by atoms with Gasteiger partial charge in [0, 0.05) is 32.9 Å². The molecular formula is C16H21N5O3S2. The Bertz CT molecular complexity index is 875. The van der Waals surface area contributed by atoms with E-state index >= 15 is 0 Å². The number of benzene rings is 1. The number of nitrogens with zero attached hydrogens (tertiary/aromatic N) is 4. The maximum atomic E-state index is 12.9. The van der Waals surface area contributed by atoms with E-state index < -0.39 is 10.0 Å². The standard InChI is InChI=1S/C16H21N5O3S2/c1-20(2)12-6-7-13(16(22)21-8-4-3-5-9-21)14(10-12)26(23,24)18-15-11-25-19-17-15/h6-7,10-11,18H,3-5,8-9H2,1-2H3. The molecule has 2 aromatic rings. The van der Waals surface area contributed by atoms with Crippen molar-refractivity contribution in [1.82, 2.24) is 14.5 Å². The molecule has 0 saturated carbocycles. The van der Waals surface area contributed by atoms with Crippen LogP contribution in [0.3, 0.4) is 0 Å². The highest BCUT2D eigenvalue weighted by Crippen LogP contribution is 2.26. The maximum Gasteiger partial charge on any atom is 0.263 e. The van der Waals surface area contributed by atoms with Crippen molar-refractivity contribution < 1.29 is 13.2 Å². The number of likely N-dealkylation sites (tertiary alicyclic amines) is 1. The molecule has 140 valence electrons. The molecule has 2 heterocycles. The van der Waals surface area contributed by atoms with Crippen molar-refractivity contribution in [3.8, 4) is 0 Å². The van der Waals surface area contributed by atoms with Crippen LogP contribution >= 0.6 is 11.5 Å². The zero-order valence-corrected chi connectivity index (χ0v) is 16.3. The van der Waals surface area contributed by atoms with Gasteiger partial charge in [-0.1, -0.05) is 4.49 Å². The van der Waals surface area contributed by atoms with Crippen LogP contribution in [0.5, 0.6) is 0 Å². The van der Waals surface area contributed by atoms with Gasteiger partial charge >= 0.3 is 0 Å². The second-order valence-electron chi connectivity index (χ2n) is 6.32. The largest absolute Gasteiger partial charge is 0.378 e. The van der Waals surface area contributed by atoms with Gasteiger partial charge in [-0.2, -0.15) is 0 Å². The summed E-state index contributed by atoms with van der Waals surface area (Å²) in [4.78, 5) is 16.4. The number of amides is 1. The molecule has 1 amide bonds. The van der Waals surface area contributed by atoms with Crippen molar-refractivity contribution in [2.45, 2.75) is 24.2 Å². The molecule has 0 aliphatic carbocycles. The van der Waals surface area contributed by atoms with E-state index in [4.69, 9.17) is 0 Å². The molecule has 8 nitrogen and oxygen atoms in total. The first-order chi connectivity index (χ1) is 12.4. The summed E-state index contributed by atoms with van der Waals surface area (Å²) in [5.74, 6) is -0.117. The van der Waals surface area contributed by atoms with E-state index in [1.54, 1.807) is 21.9 Å². The van der Waals surface area contributed by atoms with Gasteiger partial charge in [-0.3, -0.25) is 9.52 Å². The summed E-state index contributed by atoms with van der Waals surface area (Å²) in [5.41, 5.74) is 0.866. The lowest BCUT2D eigenvalue weighted by atomic mass is 10.1. The number of piperidine rings is 1.